The number of fused-ring (bicyclic) bond motifs is 1. The maximum absolute atomic E-state index is 4.37. The second kappa shape index (κ2) is 4.74. The van der Waals surface area contributed by atoms with Crippen molar-refractivity contribution in [2.45, 2.75) is 12.6 Å². The average molecular weight is 282 g/mol. The molecule has 1 aliphatic rings. The summed E-state index contributed by atoms with van der Waals surface area (Å²) in [5.41, 5.74) is 2.01. The van der Waals surface area contributed by atoms with Crippen molar-refractivity contribution < 1.29 is 0 Å². The van der Waals surface area contributed by atoms with E-state index in [-0.39, 0.29) is 6.04 Å². The third-order valence-corrected chi connectivity index (χ3v) is 3.62. The van der Waals surface area contributed by atoms with Gasteiger partial charge in [-0.3, -0.25) is 4.68 Å². The highest BCUT2D eigenvalue weighted by Crippen LogP contribution is 2.26. The number of nitrogens with one attached hydrogen (secondary N) is 1. The molecule has 4 rings (SSSR count). The van der Waals surface area contributed by atoms with E-state index in [0.29, 0.717) is 0 Å². The molecule has 0 fully saturated rings. The molecule has 0 bridgehead atoms. The summed E-state index contributed by atoms with van der Waals surface area (Å²) in [5.74, 6) is 1.73. The first-order chi connectivity index (χ1) is 10.3. The van der Waals surface area contributed by atoms with Crippen molar-refractivity contribution in [2.24, 2.45) is 7.05 Å². The van der Waals surface area contributed by atoms with E-state index in [0.717, 1.165) is 35.9 Å². The van der Waals surface area contributed by atoms with Crippen LogP contribution in [0.5, 0.6) is 0 Å². The Balaban J connectivity index is 1.78. The van der Waals surface area contributed by atoms with Crippen molar-refractivity contribution in [1.29, 1.82) is 0 Å². The van der Waals surface area contributed by atoms with Crippen LogP contribution >= 0.6 is 0 Å². The fourth-order valence-corrected chi connectivity index (χ4v) is 2.65. The first-order valence-electron chi connectivity index (χ1n) is 6.75. The third-order valence-electron chi connectivity index (χ3n) is 3.62. The van der Waals surface area contributed by atoms with Crippen LogP contribution in [0.25, 0.3) is 11.4 Å². The first kappa shape index (κ1) is 12.2. The topological polar surface area (TPSA) is 86.3 Å². The molecule has 3 aromatic heterocycles. The number of aromatic nitrogens is 7. The van der Waals surface area contributed by atoms with Gasteiger partial charge in [-0.15, -0.1) is 10.2 Å². The van der Waals surface area contributed by atoms with Gasteiger partial charge in [0.2, 0.25) is 0 Å². The molecule has 0 amide bonds. The zero-order chi connectivity index (χ0) is 14.2. The molecule has 3 aromatic rings. The summed E-state index contributed by atoms with van der Waals surface area (Å²) in [4.78, 5) is 0. The smallest absolute Gasteiger partial charge is 0.165 e. The Morgan fingerprint density at radius 3 is 2.95 bits per heavy atom. The highest BCUT2D eigenvalue weighted by atomic mass is 15.3. The molecule has 106 valence electrons. The van der Waals surface area contributed by atoms with Crippen molar-refractivity contribution >= 4 is 0 Å². The van der Waals surface area contributed by atoms with Crippen LogP contribution < -0.4 is 5.32 Å². The Kier molecular flexibility index (Phi) is 2.74. The molecule has 8 nitrogen and oxygen atoms in total. The van der Waals surface area contributed by atoms with Gasteiger partial charge in [-0.1, -0.05) is 0 Å². The second-order valence-corrected chi connectivity index (χ2v) is 5.00. The maximum atomic E-state index is 4.37. The molecular formula is C13H14N8. The molecule has 0 radical (unpaired) electrons. The van der Waals surface area contributed by atoms with Crippen LogP contribution in [0.2, 0.25) is 0 Å². The molecule has 8 heteroatoms. The van der Waals surface area contributed by atoms with E-state index in [4.69, 9.17) is 0 Å². The second-order valence-electron chi connectivity index (χ2n) is 5.00. The largest absolute Gasteiger partial charge is 0.308 e. The van der Waals surface area contributed by atoms with E-state index in [1.165, 1.54) is 0 Å². The van der Waals surface area contributed by atoms with Crippen LogP contribution in [0.1, 0.15) is 17.4 Å². The predicted molar refractivity (Wildman–Crippen MR) is 74.1 cm³/mol. The van der Waals surface area contributed by atoms with E-state index in [2.05, 4.69) is 35.4 Å². The van der Waals surface area contributed by atoms with Crippen molar-refractivity contribution in [3.05, 3.63) is 42.2 Å². The van der Waals surface area contributed by atoms with E-state index >= 15 is 0 Å². The van der Waals surface area contributed by atoms with Crippen molar-refractivity contribution in [1.82, 2.24) is 40.1 Å². The highest BCUT2D eigenvalue weighted by molar-refractivity contribution is 5.53. The summed E-state index contributed by atoms with van der Waals surface area (Å²) in [6, 6.07) is 1.91. The van der Waals surface area contributed by atoms with Crippen LogP contribution in [-0.2, 0) is 13.6 Å². The molecule has 0 saturated carbocycles. The van der Waals surface area contributed by atoms with Gasteiger partial charge in [0.25, 0.3) is 0 Å². The lowest BCUT2D eigenvalue weighted by atomic mass is 10.1. The molecular weight excluding hydrogens is 268 g/mol. The predicted octanol–water partition coefficient (Wildman–Crippen LogP) is 0.161. The minimum atomic E-state index is 0.0171. The Bertz CT molecular complexity index is 760. The Morgan fingerprint density at radius 2 is 2.19 bits per heavy atom. The molecule has 1 N–H and O–H groups in total. The van der Waals surface area contributed by atoms with Crippen LogP contribution in [0, 0.1) is 0 Å². The fraction of sp³-hybridized carbons (Fsp3) is 0.308. The first-order valence-corrected chi connectivity index (χ1v) is 6.75. The standard InChI is InChI=1S/C13H14N8/c1-20-8-10(7-17-20)11-13-19-18-12(21(13)5-4-14-11)9-2-3-15-16-6-9/h2-3,6-8,11,14H,4-5H2,1H3. The molecule has 0 aliphatic carbocycles. The normalized spacial score (nSPS) is 17.7. The molecule has 0 aromatic carbocycles. The van der Waals surface area contributed by atoms with Gasteiger partial charge in [0, 0.05) is 37.5 Å². The van der Waals surface area contributed by atoms with E-state index < -0.39 is 0 Å². The highest BCUT2D eigenvalue weighted by Gasteiger charge is 2.27. The fourth-order valence-electron chi connectivity index (χ4n) is 2.65. The van der Waals surface area contributed by atoms with Gasteiger partial charge >= 0.3 is 0 Å². The zero-order valence-corrected chi connectivity index (χ0v) is 11.5. The van der Waals surface area contributed by atoms with Crippen molar-refractivity contribution in [2.75, 3.05) is 6.54 Å². The van der Waals surface area contributed by atoms with Crippen LogP contribution in [0.15, 0.2) is 30.9 Å². The van der Waals surface area contributed by atoms with Crippen LogP contribution in [0.4, 0.5) is 0 Å². The maximum Gasteiger partial charge on any atom is 0.165 e. The van der Waals surface area contributed by atoms with Gasteiger partial charge in [0.1, 0.15) is 0 Å². The molecule has 0 spiro atoms. The molecule has 4 heterocycles. The SMILES string of the molecule is Cn1cc(C2NCCn3c(-c4ccnnc4)nnc32)cn1. The van der Waals surface area contributed by atoms with Gasteiger partial charge < -0.3 is 9.88 Å². The van der Waals surface area contributed by atoms with Gasteiger partial charge in [-0.2, -0.15) is 15.3 Å². The van der Waals surface area contributed by atoms with Gasteiger partial charge in [0.15, 0.2) is 11.6 Å². The number of aryl methyl sites for hydroxylation is 1. The summed E-state index contributed by atoms with van der Waals surface area (Å²) in [6.45, 7) is 1.69. The van der Waals surface area contributed by atoms with E-state index in [1.54, 1.807) is 17.1 Å². The Morgan fingerprint density at radius 1 is 1.24 bits per heavy atom. The third kappa shape index (κ3) is 2.00. The zero-order valence-electron chi connectivity index (χ0n) is 11.5. The van der Waals surface area contributed by atoms with Crippen molar-refractivity contribution in [3.8, 4) is 11.4 Å². The lowest BCUT2D eigenvalue weighted by Gasteiger charge is -2.24. The van der Waals surface area contributed by atoms with Gasteiger partial charge in [-0.05, 0) is 6.07 Å². The Labute approximate surface area is 120 Å². The van der Waals surface area contributed by atoms with Crippen LogP contribution in [0.3, 0.4) is 0 Å². The summed E-state index contributed by atoms with van der Waals surface area (Å²) in [6.07, 6.45) is 7.22. The van der Waals surface area contributed by atoms with E-state index in [1.807, 2.05) is 25.5 Å². The Hall–Kier alpha value is -2.61. The lowest BCUT2D eigenvalue weighted by Crippen LogP contribution is -2.34. The van der Waals surface area contributed by atoms with Crippen molar-refractivity contribution in [3.63, 3.8) is 0 Å². The summed E-state index contributed by atoms with van der Waals surface area (Å²) in [7, 11) is 1.91. The summed E-state index contributed by atoms with van der Waals surface area (Å²) < 4.78 is 3.92. The molecule has 21 heavy (non-hydrogen) atoms. The summed E-state index contributed by atoms with van der Waals surface area (Å²) in [5, 5.41) is 24.1. The monoisotopic (exact) mass is 282 g/mol. The van der Waals surface area contributed by atoms with Gasteiger partial charge in [-0.25, -0.2) is 0 Å². The number of rotatable bonds is 2. The number of nitrogens with zero attached hydrogens (tertiary/aromatic N) is 7. The number of hydrogen-bond acceptors (Lipinski definition) is 6. The molecule has 1 aliphatic heterocycles. The summed E-state index contributed by atoms with van der Waals surface area (Å²) >= 11 is 0. The minimum Gasteiger partial charge on any atom is -0.308 e. The quantitative estimate of drug-likeness (QED) is 0.720. The lowest BCUT2D eigenvalue weighted by molar-refractivity contribution is 0.457. The molecule has 1 unspecified atom stereocenters. The average Bonchev–Trinajstić information content (AvgIpc) is 3.14. The molecule has 0 saturated heterocycles. The van der Waals surface area contributed by atoms with Crippen LogP contribution in [-0.4, -0.2) is 41.3 Å². The minimum absolute atomic E-state index is 0.0171. The molecule has 1 atom stereocenters. The number of hydrogen-bond donors (Lipinski definition) is 1. The van der Waals surface area contributed by atoms with Gasteiger partial charge in [0.05, 0.1) is 24.6 Å². The van der Waals surface area contributed by atoms with E-state index in [9.17, 15) is 0 Å².